The number of methoxy groups -OCH3 is 1. The van der Waals surface area contributed by atoms with E-state index in [4.69, 9.17) is 0 Å². The molecule has 0 N–H and O–H groups in total. The number of ether oxygens (including phenoxy) is 1. The number of hydrogen-bond donors (Lipinski definition) is 0. The van der Waals surface area contributed by atoms with Crippen molar-refractivity contribution in [3.63, 3.8) is 0 Å². The van der Waals surface area contributed by atoms with Crippen LogP contribution in [0.5, 0.6) is 0 Å². The summed E-state index contributed by atoms with van der Waals surface area (Å²) < 4.78 is 27.0. The maximum atomic E-state index is 11.3. The predicted molar refractivity (Wildman–Crippen MR) is 47.2 cm³/mol. The van der Waals surface area contributed by atoms with E-state index in [1.807, 2.05) is 0 Å². The van der Waals surface area contributed by atoms with Gasteiger partial charge in [0.25, 0.3) is 0 Å². The van der Waals surface area contributed by atoms with Crippen molar-refractivity contribution in [1.82, 2.24) is 4.90 Å². The summed E-state index contributed by atoms with van der Waals surface area (Å²) in [6.07, 6.45) is -0.457. The third-order valence-electron chi connectivity index (χ3n) is 2.17. The van der Waals surface area contributed by atoms with Gasteiger partial charge in [0, 0.05) is 13.1 Å². The van der Waals surface area contributed by atoms with E-state index in [2.05, 4.69) is 4.74 Å². The van der Waals surface area contributed by atoms with Crippen LogP contribution in [-0.2, 0) is 14.6 Å². The van der Waals surface area contributed by atoms with E-state index < -0.39 is 21.2 Å². The van der Waals surface area contributed by atoms with Gasteiger partial charge in [0.15, 0.2) is 9.84 Å². The van der Waals surface area contributed by atoms with Gasteiger partial charge in [0.05, 0.1) is 18.1 Å². The van der Waals surface area contributed by atoms with Gasteiger partial charge in [-0.05, 0) is 6.92 Å². The first kappa shape index (κ1) is 10.3. The minimum atomic E-state index is -2.99. The molecule has 1 saturated heterocycles. The van der Waals surface area contributed by atoms with E-state index in [1.165, 1.54) is 12.0 Å². The quantitative estimate of drug-likeness (QED) is 0.555. The highest BCUT2D eigenvalue weighted by molar-refractivity contribution is 7.92. The number of amides is 1. The van der Waals surface area contributed by atoms with Crippen LogP contribution < -0.4 is 0 Å². The second-order valence-corrected chi connectivity index (χ2v) is 5.63. The Hall–Kier alpha value is -0.780. The van der Waals surface area contributed by atoms with E-state index in [-0.39, 0.29) is 18.8 Å². The Balaban J connectivity index is 2.66. The molecule has 1 aliphatic rings. The number of carbonyl (C=O) groups excluding carboxylic acids is 1. The van der Waals surface area contributed by atoms with Crippen molar-refractivity contribution in [2.45, 2.75) is 12.2 Å². The fraction of sp³-hybridized carbons (Fsp3) is 0.857. The van der Waals surface area contributed by atoms with Crippen molar-refractivity contribution in [2.75, 3.05) is 26.0 Å². The van der Waals surface area contributed by atoms with Crippen LogP contribution in [0.15, 0.2) is 0 Å². The summed E-state index contributed by atoms with van der Waals surface area (Å²) in [7, 11) is -1.70. The number of carbonyl (C=O) groups is 1. The maximum Gasteiger partial charge on any atom is 0.409 e. The second kappa shape index (κ2) is 3.53. The van der Waals surface area contributed by atoms with Gasteiger partial charge in [-0.2, -0.15) is 0 Å². The SMILES string of the molecule is COC(=O)N1CCS(=O)(=O)C(C)C1. The molecule has 0 aliphatic carbocycles. The Labute approximate surface area is 77.6 Å². The first-order valence-corrected chi connectivity index (χ1v) is 5.73. The largest absolute Gasteiger partial charge is 0.453 e. The van der Waals surface area contributed by atoms with Crippen molar-refractivity contribution in [2.24, 2.45) is 0 Å². The molecule has 0 radical (unpaired) electrons. The van der Waals surface area contributed by atoms with Gasteiger partial charge < -0.3 is 9.64 Å². The van der Waals surface area contributed by atoms with E-state index in [9.17, 15) is 13.2 Å². The summed E-state index contributed by atoms with van der Waals surface area (Å²) in [6, 6.07) is 0. The zero-order valence-corrected chi connectivity index (χ0v) is 8.50. The molecule has 0 saturated carbocycles. The summed E-state index contributed by atoms with van der Waals surface area (Å²) in [6.45, 7) is 2.07. The molecular weight excluding hydrogens is 194 g/mol. The fourth-order valence-electron chi connectivity index (χ4n) is 1.25. The van der Waals surface area contributed by atoms with Crippen LogP contribution in [0.4, 0.5) is 4.79 Å². The van der Waals surface area contributed by atoms with Gasteiger partial charge in [0.2, 0.25) is 0 Å². The summed E-state index contributed by atoms with van der Waals surface area (Å²) in [5.41, 5.74) is 0. The Morgan fingerprint density at radius 3 is 2.62 bits per heavy atom. The summed E-state index contributed by atoms with van der Waals surface area (Å²) >= 11 is 0. The summed E-state index contributed by atoms with van der Waals surface area (Å²) in [4.78, 5) is 12.4. The fourth-order valence-corrected chi connectivity index (χ4v) is 2.53. The van der Waals surface area contributed by atoms with Crippen LogP contribution in [-0.4, -0.2) is 50.6 Å². The van der Waals surface area contributed by atoms with Crippen molar-refractivity contribution in [3.05, 3.63) is 0 Å². The molecule has 6 heteroatoms. The Morgan fingerprint density at radius 1 is 1.54 bits per heavy atom. The molecule has 1 heterocycles. The van der Waals surface area contributed by atoms with Crippen molar-refractivity contribution in [3.8, 4) is 0 Å². The molecule has 0 bridgehead atoms. The summed E-state index contributed by atoms with van der Waals surface area (Å²) in [5.74, 6) is 0.0310. The average Bonchev–Trinajstić information content (AvgIpc) is 2.08. The number of sulfone groups is 1. The molecule has 1 fully saturated rings. The molecule has 1 aliphatic heterocycles. The molecule has 1 unspecified atom stereocenters. The van der Waals surface area contributed by atoms with Crippen LogP contribution in [0, 0.1) is 0 Å². The van der Waals surface area contributed by atoms with Crippen molar-refractivity contribution >= 4 is 15.9 Å². The Bertz CT molecular complexity index is 298. The lowest BCUT2D eigenvalue weighted by Gasteiger charge is -2.29. The summed E-state index contributed by atoms with van der Waals surface area (Å²) in [5, 5.41) is -0.486. The number of hydrogen-bond acceptors (Lipinski definition) is 4. The van der Waals surface area contributed by atoms with E-state index in [1.54, 1.807) is 6.92 Å². The molecular formula is C7H13NO4S. The molecule has 13 heavy (non-hydrogen) atoms. The van der Waals surface area contributed by atoms with Crippen LogP contribution in [0.1, 0.15) is 6.92 Å². The molecule has 5 nitrogen and oxygen atoms in total. The molecule has 0 aromatic heterocycles. The first-order chi connectivity index (χ1) is 5.97. The Morgan fingerprint density at radius 2 is 2.15 bits per heavy atom. The highest BCUT2D eigenvalue weighted by Crippen LogP contribution is 2.12. The molecule has 1 rings (SSSR count). The van der Waals surface area contributed by atoms with Gasteiger partial charge in [-0.25, -0.2) is 13.2 Å². The Kier molecular flexibility index (Phi) is 2.80. The van der Waals surface area contributed by atoms with Crippen molar-refractivity contribution in [1.29, 1.82) is 0 Å². The average molecular weight is 207 g/mol. The van der Waals surface area contributed by atoms with Crippen LogP contribution in [0.25, 0.3) is 0 Å². The molecule has 1 atom stereocenters. The van der Waals surface area contributed by atoms with Crippen LogP contribution >= 0.6 is 0 Å². The lowest BCUT2D eigenvalue weighted by atomic mass is 10.4. The first-order valence-electron chi connectivity index (χ1n) is 4.02. The molecule has 0 spiro atoms. The van der Waals surface area contributed by atoms with Gasteiger partial charge in [0.1, 0.15) is 0 Å². The third-order valence-corrected chi connectivity index (χ3v) is 4.30. The van der Waals surface area contributed by atoms with E-state index in [0.717, 1.165) is 0 Å². The van der Waals surface area contributed by atoms with Gasteiger partial charge >= 0.3 is 6.09 Å². The van der Waals surface area contributed by atoms with Crippen LogP contribution in [0.3, 0.4) is 0 Å². The van der Waals surface area contributed by atoms with E-state index >= 15 is 0 Å². The van der Waals surface area contributed by atoms with Crippen molar-refractivity contribution < 1.29 is 17.9 Å². The smallest absolute Gasteiger partial charge is 0.409 e. The number of rotatable bonds is 0. The minimum absolute atomic E-state index is 0.0310. The van der Waals surface area contributed by atoms with Gasteiger partial charge in [-0.1, -0.05) is 0 Å². The normalized spacial score (nSPS) is 26.9. The third kappa shape index (κ3) is 2.12. The molecule has 0 aromatic carbocycles. The zero-order valence-electron chi connectivity index (χ0n) is 7.69. The number of nitrogens with zero attached hydrogens (tertiary/aromatic N) is 1. The highest BCUT2D eigenvalue weighted by atomic mass is 32.2. The highest BCUT2D eigenvalue weighted by Gasteiger charge is 2.31. The van der Waals surface area contributed by atoms with Gasteiger partial charge in [-0.3, -0.25) is 0 Å². The maximum absolute atomic E-state index is 11.3. The zero-order chi connectivity index (χ0) is 10.1. The predicted octanol–water partition coefficient (Wildman–Crippen LogP) is -0.128. The lowest BCUT2D eigenvalue weighted by Crippen LogP contribution is -2.48. The minimum Gasteiger partial charge on any atom is -0.453 e. The topological polar surface area (TPSA) is 63.7 Å². The second-order valence-electron chi connectivity index (χ2n) is 3.09. The molecule has 0 aromatic rings. The standard InChI is InChI=1S/C7H13NO4S/c1-6-5-8(7(9)12-2)3-4-13(6,10)11/h6H,3-5H2,1-2H3. The van der Waals surface area contributed by atoms with E-state index in [0.29, 0.717) is 0 Å². The molecule has 76 valence electrons. The lowest BCUT2D eigenvalue weighted by molar-refractivity contribution is 0.124. The monoisotopic (exact) mass is 207 g/mol. The molecule has 1 amide bonds. The van der Waals surface area contributed by atoms with Crippen LogP contribution in [0.2, 0.25) is 0 Å². The van der Waals surface area contributed by atoms with Gasteiger partial charge in [-0.15, -0.1) is 0 Å².